The van der Waals surface area contributed by atoms with Gasteiger partial charge in [0.25, 0.3) is 0 Å². The Hall–Kier alpha value is -0.830. The third-order valence-corrected chi connectivity index (χ3v) is 3.67. The molecule has 0 atom stereocenters. The quantitative estimate of drug-likeness (QED) is 0.753. The summed E-state index contributed by atoms with van der Waals surface area (Å²) in [7, 11) is 0. The van der Waals surface area contributed by atoms with Gasteiger partial charge >= 0.3 is 0 Å². The molecule has 0 aromatic carbocycles. The van der Waals surface area contributed by atoms with Crippen LogP contribution in [0.25, 0.3) is 0 Å². The highest BCUT2D eigenvalue weighted by atomic mass is 15.1. The number of nitrogens with one attached hydrogen (secondary N) is 1. The summed E-state index contributed by atoms with van der Waals surface area (Å²) in [4.78, 5) is 4.54. The third-order valence-electron chi connectivity index (χ3n) is 3.67. The summed E-state index contributed by atoms with van der Waals surface area (Å²) in [5.74, 6) is 0.755. The van der Waals surface area contributed by atoms with E-state index in [-0.39, 0.29) is 0 Å². The van der Waals surface area contributed by atoms with Crippen LogP contribution in [0.3, 0.4) is 0 Å². The molecule has 1 N–H and O–H groups in total. The maximum atomic E-state index is 4.54. The summed E-state index contributed by atoms with van der Waals surface area (Å²) >= 11 is 0. The summed E-state index contributed by atoms with van der Waals surface area (Å²) in [5, 5.41) is 3.50. The van der Waals surface area contributed by atoms with Crippen LogP contribution in [0, 0.1) is 5.92 Å². The van der Waals surface area contributed by atoms with Gasteiger partial charge < -0.3 is 9.88 Å². The highest BCUT2D eigenvalue weighted by molar-refractivity contribution is 5.16. The average Bonchev–Trinajstić information content (AvgIpc) is 2.77. The van der Waals surface area contributed by atoms with E-state index >= 15 is 0 Å². The molecule has 102 valence electrons. The molecule has 1 aliphatic rings. The Labute approximate surface area is 111 Å². The monoisotopic (exact) mass is 249 g/mol. The van der Waals surface area contributed by atoms with Crippen molar-refractivity contribution in [2.45, 2.75) is 58.9 Å². The van der Waals surface area contributed by atoms with E-state index in [4.69, 9.17) is 0 Å². The highest BCUT2D eigenvalue weighted by Gasteiger charge is 2.14. The zero-order chi connectivity index (χ0) is 12.8. The van der Waals surface area contributed by atoms with Crippen molar-refractivity contribution < 1.29 is 0 Å². The number of unbranched alkanes of at least 4 members (excludes halogenated alkanes) is 1. The van der Waals surface area contributed by atoms with Gasteiger partial charge in [0.1, 0.15) is 0 Å². The minimum absolute atomic E-state index is 0.755. The second-order valence-electron chi connectivity index (χ2n) is 5.84. The molecule has 3 nitrogen and oxygen atoms in total. The van der Waals surface area contributed by atoms with Gasteiger partial charge in [-0.05, 0) is 57.5 Å². The zero-order valence-electron chi connectivity index (χ0n) is 11.9. The summed E-state index contributed by atoms with van der Waals surface area (Å²) in [6.07, 6.45) is 9.67. The van der Waals surface area contributed by atoms with Gasteiger partial charge in [-0.25, -0.2) is 4.98 Å². The minimum atomic E-state index is 0.755. The predicted octanol–water partition coefficient (Wildman–Crippen LogP) is 2.79. The van der Waals surface area contributed by atoms with Gasteiger partial charge in [0.2, 0.25) is 0 Å². The molecule has 3 heteroatoms. The van der Waals surface area contributed by atoms with Crippen LogP contribution >= 0.6 is 0 Å². The van der Waals surface area contributed by atoms with E-state index < -0.39 is 0 Å². The van der Waals surface area contributed by atoms with Crippen molar-refractivity contribution in [2.24, 2.45) is 5.92 Å². The lowest BCUT2D eigenvalue weighted by Gasteiger charge is -2.14. The largest absolute Gasteiger partial charge is 0.334 e. The molecule has 0 radical (unpaired) electrons. The fourth-order valence-corrected chi connectivity index (χ4v) is 2.65. The van der Waals surface area contributed by atoms with E-state index in [0.29, 0.717) is 0 Å². The van der Waals surface area contributed by atoms with Gasteiger partial charge in [-0.3, -0.25) is 0 Å². The number of nitrogens with zero attached hydrogens (tertiary/aromatic N) is 2. The summed E-state index contributed by atoms with van der Waals surface area (Å²) in [6, 6.07) is 0. The van der Waals surface area contributed by atoms with Crippen molar-refractivity contribution in [1.29, 1.82) is 0 Å². The van der Waals surface area contributed by atoms with Crippen LogP contribution in [0.4, 0.5) is 0 Å². The van der Waals surface area contributed by atoms with Crippen molar-refractivity contribution in [3.63, 3.8) is 0 Å². The first-order chi connectivity index (χ1) is 8.77. The molecular formula is C15H27N3. The van der Waals surface area contributed by atoms with E-state index in [1.807, 2.05) is 0 Å². The number of fused-ring (bicyclic) bond motifs is 1. The number of hydrogen-bond acceptors (Lipinski definition) is 2. The minimum Gasteiger partial charge on any atom is -0.334 e. The van der Waals surface area contributed by atoms with Crippen LogP contribution in [-0.4, -0.2) is 22.6 Å². The normalized spacial score (nSPS) is 15.1. The second-order valence-corrected chi connectivity index (χ2v) is 5.84. The lowest BCUT2D eigenvalue weighted by atomic mass is 10.0. The van der Waals surface area contributed by atoms with Gasteiger partial charge in [-0.1, -0.05) is 13.8 Å². The summed E-state index contributed by atoms with van der Waals surface area (Å²) < 4.78 is 2.39. The molecule has 1 aliphatic carbocycles. The first-order valence-electron chi connectivity index (χ1n) is 7.51. The molecule has 0 fully saturated rings. The molecule has 2 rings (SSSR count). The van der Waals surface area contributed by atoms with Gasteiger partial charge in [0, 0.05) is 12.2 Å². The van der Waals surface area contributed by atoms with Gasteiger partial charge in [-0.15, -0.1) is 0 Å². The van der Waals surface area contributed by atoms with E-state index in [1.165, 1.54) is 49.9 Å². The molecule has 0 aliphatic heterocycles. The number of imidazole rings is 1. The summed E-state index contributed by atoms with van der Waals surface area (Å²) in [6.45, 7) is 7.94. The van der Waals surface area contributed by atoms with Crippen molar-refractivity contribution in [3.8, 4) is 0 Å². The van der Waals surface area contributed by atoms with Crippen molar-refractivity contribution in [2.75, 3.05) is 13.1 Å². The number of aryl methyl sites for hydroxylation is 2. The molecule has 0 unspecified atom stereocenters. The van der Waals surface area contributed by atoms with Crippen molar-refractivity contribution in [3.05, 3.63) is 17.7 Å². The maximum absolute atomic E-state index is 4.54. The predicted molar refractivity (Wildman–Crippen MR) is 75.8 cm³/mol. The first-order valence-corrected chi connectivity index (χ1v) is 7.51. The van der Waals surface area contributed by atoms with Crippen LogP contribution in [0.1, 0.15) is 50.9 Å². The highest BCUT2D eigenvalue weighted by Crippen LogP contribution is 2.20. The molecule has 0 amide bonds. The zero-order valence-corrected chi connectivity index (χ0v) is 11.9. The van der Waals surface area contributed by atoms with E-state index in [2.05, 4.69) is 35.0 Å². The Balaban J connectivity index is 1.66. The topological polar surface area (TPSA) is 29.9 Å². The van der Waals surface area contributed by atoms with E-state index in [0.717, 1.165) is 25.6 Å². The second kappa shape index (κ2) is 6.93. The van der Waals surface area contributed by atoms with Crippen LogP contribution in [0.15, 0.2) is 6.33 Å². The van der Waals surface area contributed by atoms with Gasteiger partial charge in [-0.2, -0.15) is 0 Å². The Bertz CT molecular complexity index is 355. The van der Waals surface area contributed by atoms with Crippen molar-refractivity contribution >= 4 is 0 Å². The van der Waals surface area contributed by atoms with E-state index in [1.54, 1.807) is 0 Å². The Kier molecular flexibility index (Phi) is 5.24. The van der Waals surface area contributed by atoms with Crippen LogP contribution in [-0.2, 0) is 19.4 Å². The lowest BCUT2D eigenvalue weighted by Crippen LogP contribution is -2.21. The molecule has 1 aromatic rings. The first kappa shape index (κ1) is 13.6. The fraction of sp³-hybridized carbons (Fsp3) is 0.800. The van der Waals surface area contributed by atoms with Crippen LogP contribution in [0.5, 0.6) is 0 Å². The van der Waals surface area contributed by atoms with Crippen molar-refractivity contribution in [1.82, 2.24) is 14.9 Å². The van der Waals surface area contributed by atoms with Crippen LogP contribution in [0.2, 0.25) is 0 Å². The number of aromatic nitrogens is 2. The molecule has 0 saturated carbocycles. The summed E-state index contributed by atoms with van der Waals surface area (Å²) in [5.41, 5.74) is 2.87. The molecule has 1 aromatic heterocycles. The molecule has 0 spiro atoms. The Morgan fingerprint density at radius 2 is 2.11 bits per heavy atom. The van der Waals surface area contributed by atoms with Gasteiger partial charge in [0.15, 0.2) is 0 Å². The van der Waals surface area contributed by atoms with Crippen LogP contribution < -0.4 is 5.32 Å². The standard InChI is InChI=1S/C15H27N3/c1-13(2)11-16-9-5-6-10-18-12-17-14-7-3-4-8-15(14)18/h12-13,16H,3-11H2,1-2H3. The molecule has 0 saturated heterocycles. The number of rotatable bonds is 7. The molecule has 1 heterocycles. The molecular weight excluding hydrogens is 222 g/mol. The molecule has 0 bridgehead atoms. The molecule has 18 heavy (non-hydrogen) atoms. The third kappa shape index (κ3) is 3.84. The van der Waals surface area contributed by atoms with E-state index in [9.17, 15) is 0 Å². The Morgan fingerprint density at radius 1 is 1.28 bits per heavy atom. The van der Waals surface area contributed by atoms with Gasteiger partial charge in [0.05, 0.1) is 12.0 Å². The average molecular weight is 249 g/mol. The maximum Gasteiger partial charge on any atom is 0.0951 e. The smallest absolute Gasteiger partial charge is 0.0951 e. The lowest BCUT2D eigenvalue weighted by molar-refractivity contribution is 0.512. The Morgan fingerprint density at radius 3 is 2.94 bits per heavy atom. The number of hydrogen-bond donors (Lipinski definition) is 1. The SMILES string of the molecule is CC(C)CNCCCCn1cnc2c1CCCC2. The fourth-order valence-electron chi connectivity index (χ4n) is 2.65.